The summed E-state index contributed by atoms with van der Waals surface area (Å²) in [6, 6.07) is 10.7. The van der Waals surface area contributed by atoms with Gasteiger partial charge in [0.1, 0.15) is 17.2 Å². The summed E-state index contributed by atoms with van der Waals surface area (Å²) in [6.45, 7) is 1.34. The van der Waals surface area contributed by atoms with E-state index in [1.807, 2.05) is 30.3 Å². The molecule has 3 heterocycles. The van der Waals surface area contributed by atoms with Crippen LogP contribution in [-0.4, -0.2) is 55.0 Å². The van der Waals surface area contributed by atoms with Crippen LogP contribution in [0.2, 0.25) is 0 Å². The molecular weight excluding hydrogens is 382 g/mol. The Morgan fingerprint density at radius 2 is 2.00 bits per heavy atom. The van der Waals surface area contributed by atoms with E-state index < -0.39 is 16.0 Å². The van der Waals surface area contributed by atoms with Gasteiger partial charge in [0, 0.05) is 36.4 Å². The number of carbonyl (C=O) groups excluding carboxylic acids is 1. The average molecular weight is 401 g/mol. The number of pyridine rings is 1. The number of fused-ring (bicyclic) bond motifs is 1. The number of ether oxygens (including phenoxy) is 2. The van der Waals surface area contributed by atoms with Gasteiger partial charge in [-0.25, -0.2) is 13.2 Å². The number of carbonyl (C=O) groups is 1. The molecule has 0 spiro atoms. The number of rotatable bonds is 5. The molecule has 4 rings (SSSR count). The molecule has 9 heteroatoms. The van der Waals surface area contributed by atoms with Crippen molar-refractivity contribution in [2.75, 3.05) is 26.3 Å². The summed E-state index contributed by atoms with van der Waals surface area (Å²) < 4.78 is 37.2. The predicted molar refractivity (Wildman–Crippen MR) is 101 cm³/mol. The van der Waals surface area contributed by atoms with E-state index >= 15 is 0 Å². The summed E-state index contributed by atoms with van der Waals surface area (Å²) in [6.07, 6.45) is 2.99. The van der Waals surface area contributed by atoms with Crippen molar-refractivity contribution in [3.63, 3.8) is 0 Å². The fraction of sp³-hybridized carbons (Fsp3) is 0.263. The Hall–Kier alpha value is -2.75. The molecule has 1 N–H and O–H groups in total. The highest BCUT2D eigenvalue weighted by Crippen LogP contribution is 2.20. The second kappa shape index (κ2) is 7.70. The lowest BCUT2D eigenvalue weighted by atomic mass is 10.1. The molecular formula is C19H19N3O5S. The van der Waals surface area contributed by atoms with E-state index in [1.54, 1.807) is 6.20 Å². The number of H-pyrrole nitrogens is 1. The van der Waals surface area contributed by atoms with Crippen LogP contribution in [0.15, 0.2) is 53.7 Å². The maximum Gasteiger partial charge on any atom is 0.355 e. The molecule has 1 aliphatic heterocycles. The van der Waals surface area contributed by atoms with Crippen molar-refractivity contribution in [2.24, 2.45) is 0 Å². The van der Waals surface area contributed by atoms with Crippen LogP contribution in [0, 0.1) is 0 Å². The minimum Gasteiger partial charge on any atom is -0.456 e. The monoisotopic (exact) mass is 401 g/mol. The predicted octanol–water partition coefficient (Wildman–Crippen LogP) is 1.94. The minimum absolute atomic E-state index is 0.0353. The maximum absolute atomic E-state index is 12.6. The first kappa shape index (κ1) is 18.6. The summed E-state index contributed by atoms with van der Waals surface area (Å²) in [5, 5.41) is 0.954. The van der Waals surface area contributed by atoms with Gasteiger partial charge in [0.15, 0.2) is 0 Å². The van der Waals surface area contributed by atoms with Gasteiger partial charge in [-0.3, -0.25) is 4.98 Å². The Morgan fingerprint density at radius 3 is 2.82 bits per heavy atom. The van der Waals surface area contributed by atoms with Crippen molar-refractivity contribution in [3.8, 4) is 0 Å². The van der Waals surface area contributed by atoms with Crippen molar-refractivity contribution < 1.29 is 22.7 Å². The van der Waals surface area contributed by atoms with Crippen LogP contribution in [0.4, 0.5) is 0 Å². The van der Waals surface area contributed by atoms with Gasteiger partial charge in [-0.05, 0) is 12.1 Å². The lowest BCUT2D eigenvalue weighted by molar-refractivity contribution is 0.0468. The largest absolute Gasteiger partial charge is 0.456 e. The highest BCUT2D eigenvalue weighted by atomic mass is 32.2. The molecule has 0 unspecified atom stereocenters. The van der Waals surface area contributed by atoms with E-state index in [2.05, 4.69) is 9.97 Å². The quantitative estimate of drug-likeness (QED) is 0.656. The Morgan fingerprint density at radius 1 is 1.21 bits per heavy atom. The second-order valence-electron chi connectivity index (χ2n) is 6.33. The molecule has 0 bridgehead atoms. The van der Waals surface area contributed by atoms with Gasteiger partial charge in [0.05, 0.1) is 18.7 Å². The lowest BCUT2D eigenvalue weighted by Gasteiger charge is -2.25. The summed E-state index contributed by atoms with van der Waals surface area (Å²) in [4.78, 5) is 19.4. The number of morpholine rings is 1. The first-order valence-electron chi connectivity index (χ1n) is 8.82. The standard InChI is InChI=1S/C19H19N3O5S/c23-19(27-13-15-4-1-3-14-5-2-6-20-18(14)15)17-11-16(12-21-17)28(24,25)22-7-9-26-10-8-22/h1-6,11-12,21H,7-10,13H2. The lowest BCUT2D eigenvalue weighted by Crippen LogP contribution is -2.40. The molecule has 8 nitrogen and oxygen atoms in total. The van der Waals surface area contributed by atoms with Gasteiger partial charge in [-0.2, -0.15) is 4.31 Å². The minimum atomic E-state index is -3.67. The molecule has 0 amide bonds. The SMILES string of the molecule is O=C(OCc1cccc2cccnc12)c1cc(S(=O)(=O)N2CCOCC2)c[nH]1. The Bertz CT molecular complexity index is 1100. The Balaban J connectivity index is 1.47. The van der Waals surface area contributed by atoms with Gasteiger partial charge in [0.25, 0.3) is 0 Å². The molecule has 3 aromatic rings. The van der Waals surface area contributed by atoms with Crippen LogP contribution in [0.25, 0.3) is 10.9 Å². The number of hydrogen-bond acceptors (Lipinski definition) is 6. The number of aromatic amines is 1. The number of esters is 1. The summed E-state index contributed by atoms with van der Waals surface area (Å²) in [5.74, 6) is -0.628. The van der Waals surface area contributed by atoms with Crippen molar-refractivity contribution in [3.05, 3.63) is 60.0 Å². The zero-order valence-corrected chi connectivity index (χ0v) is 15.8. The number of nitrogens with one attached hydrogen (secondary N) is 1. The van der Waals surface area contributed by atoms with Crippen molar-refractivity contribution in [1.82, 2.24) is 14.3 Å². The van der Waals surface area contributed by atoms with Gasteiger partial charge >= 0.3 is 5.97 Å². The Kier molecular flexibility index (Phi) is 5.12. The third-order valence-corrected chi connectivity index (χ3v) is 6.44. The normalized spacial score (nSPS) is 15.6. The molecule has 1 aromatic carbocycles. The molecule has 2 aromatic heterocycles. The number of benzene rings is 1. The molecule has 0 saturated carbocycles. The zero-order chi connectivity index (χ0) is 19.6. The maximum atomic E-state index is 12.6. The number of nitrogens with zero attached hydrogens (tertiary/aromatic N) is 2. The molecule has 28 heavy (non-hydrogen) atoms. The van der Waals surface area contributed by atoms with E-state index in [1.165, 1.54) is 16.6 Å². The van der Waals surface area contributed by atoms with Gasteiger partial charge in [-0.15, -0.1) is 0 Å². The molecule has 0 radical (unpaired) electrons. The molecule has 1 aliphatic rings. The van der Waals surface area contributed by atoms with E-state index in [0.717, 1.165) is 16.5 Å². The summed E-state index contributed by atoms with van der Waals surface area (Å²) >= 11 is 0. The molecule has 146 valence electrons. The van der Waals surface area contributed by atoms with Crippen LogP contribution in [0.3, 0.4) is 0 Å². The topological polar surface area (TPSA) is 102 Å². The fourth-order valence-corrected chi connectivity index (χ4v) is 4.48. The number of para-hydroxylation sites is 1. The molecule has 0 aliphatic carbocycles. The fourth-order valence-electron chi connectivity index (χ4n) is 3.08. The zero-order valence-electron chi connectivity index (χ0n) is 15.0. The Labute approximate surface area is 162 Å². The number of hydrogen-bond donors (Lipinski definition) is 1. The molecule has 0 atom stereocenters. The van der Waals surface area contributed by atoms with Gasteiger partial charge in [-0.1, -0.05) is 24.3 Å². The number of aromatic nitrogens is 2. The highest BCUT2D eigenvalue weighted by Gasteiger charge is 2.28. The van der Waals surface area contributed by atoms with Crippen LogP contribution < -0.4 is 0 Å². The summed E-state index contributed by atoms with van der Waals surface area (Å²) in [7, 11) is -3.67. The average Bonchev–Trinajstić information content (AvgIpc) is 3.24. The van der Waals surface area contributed by atoms with Crippen LogP contribution >= 0.6 is 0 Å². The van der Waals surface area contributed by atoms with E-state index in [4.69, 9.17) is 9.47 Å². The van der Waals surface area contributed by atoms with Gasteiger partial charge < -0.3 is 14.5 Å². The van der Waals surface area contributed by atoms with E-state index in [-0.39, 0.29) is 17.2 Å². The van der Waals surface area contributed by atoms with Crippen molar-refractivity contribution in [1.29, 1.82) is 0 Å². The first-order chi connectivity index (χ1) is 13.6. The van der Waals surface area contributed by atoms with E-state index in [0.29, 0.717) is 26.3 Å². The third kappa shape index (κ3) is 3.64. The smallest absolute Gasteiger partial charge is 0.355 e. The van der Waals surface area contributed by atoms with Crippen molar-refractivity contribution in [2.45, 2.75) is 11.5 Å². The van der Waals surface area contributed by atoms with Crippen LogP contribution in [0.5, 0.6) is 0 Å². The molecule has 1 fully saturated rings. The van der Waals surface area contributed by atoms with Crippen molar-refractivity contribution >= 4 is 26.9 Å². The van der Waals surface area contributed by atoms with Gasteiger partial charge in [0.2, 0.25) is 10.0 Å². The summed E-state index contributed by atoms with van der Waals surface area (Å²) in [5.41, 5.74) is 1.62. The first-order valence-corrected chi connectivity index (χ1v) is 10.3. The van der Waals surface area contributed by atoms with Crippen LogP contribution in [0.1, 0.15) is 16.1 Å². The third-order valence-electron chi connectivity index (χ3n) is 4.56. The second-order valence-corrected chi connectivity index (χ2v) is 8.27. The van der Waals surface area contributed by atoms with E-state index in [9.17, 15) is 13.2 Å². The van der Waals surface area contributed by atoms with Crippen LogP contribution in [-0.2, 0) is 26.1 Å². The highest BCUT2D eigenvalue weighted by molar-refractivity contribution is 7.89. The molecule has 1 saturated heterocycles. The number of sulfonamides is 1.